The number of H-pyrrole nitrogens is 1. The van der Waals surface area contributed by atoms with Gasteiger partial charge >= 0.3 is 0 Å². The van der Waals surface area contributed by atoms with E-state index in [0.717, 1.165) is 15.6 Å². The number of ether oxygens (including phenoxy) is 1. The standard InChI is InChI=1S/C27H34ClN7O7S3/c1-31(2)45(40,41)34-6-5-22-23(17-34)43-26(30-22)27(37)35-8-7-33(16-20(35)15-25(36)32-9-11-42-12-10-32)44(38,39)24-14-18-13-19(28)3-4-21(18)29-24/h3-4,13-14,20,29H,5-12,15-17H2,1-2H3. The van der Waals surface area contributed by atoms with Crippen LogP contribution in [-0.4, -0.2) is 134 Å². The number of sulfonamides is 1. The van der Waals surface area contributed by atoms with Gasteiger partial charge in [0.2, 0.25) is 5.91 Å². The van der Waals surface area contributed by atoms with Crippen LogP contribution >= 0.6 is 22.9 Å². The molecule has 45 heavy (non-hydrogen) atoms. The van der Waals surface area contributed by atoms with Gasteiger partial charge in [0.15, 0.2) is 5.01 Å². The highest BCUT2D eigenvalue weighted by Crippen LogP contribution is 2.31. The molecule has 1 unspecified atom stereocenters. The van der Waals surface area contributed by atoms with Crippen molar-refractivity contribution in [2.45, 2.75) is 30.5 Å². The number of amides is 2. The van der Waals surface area contributed by atoms with E-state index in [1.165, 1.54) is 33.7 Å². The fraction of sp³-hybridized carbons (Fsp3) is 0.519. The third kappa shape index (κ3) is 6.36. The highest BCUT2D eigenvalue weighted by molar-refractivity contribution is 7.89. The molecule has 2 amide bonds. The van der Waals surface area contributed by atoms with Gasteiger partial charge in [-0.1, -0.05) is 11.6 Å². The Labute approximate surface area is 270 Å². The summed E-state index contributed by atoms with van der Waals surface area (Å²) in [6.07, 6.45) is 0.298. The number of aromatic amines is 1. The molecule has 5 heterocycles. The zero-order valence-corrected chi connectivity index (χ0v) is 28.0. The molecule has 3 aliphatic rings. The molecule has 1 atom stereocenters. The first-order valence-corrected chi connectivity index (χ1v) is 18.5. The normalized spacial score (nSPS) is 20.6. The summed E-state index contributed by atoms with van der Waals surface area (Å²) in [6.45, 7) is 2.02. The van der Waals surface area contributed by atoms with E-state index in [2.05, 4.69) is 9.97 Å². The average Bonchev–Trinajstić information content (AvgIpc) is 3.65. The summed E-state index contributed by atoms with van der Waals surface area (Å²) in [4.78, 5) is 38.7. The van der Waals surface area contributed by atoms with Gasteiger partial charge in [0.25, 0.3) is 26.1 Å². The number of fused-ring (bicyclic) bond motifs is 2. The SMILES string of the molecule is CN(C)S(=O)(=O)N1CCc2nc(C(=O)N3CCN(S(=O)(=O)c4cc5cc(Cl)ccc5[nH]4)CC3CC(=O)N3CCOCC3)sc2C1. The number of benzene rings is 1. The summed E-state index contributed by atoms with van der Waals surface area (Å²) in [5.74, 6) is -0.600. The molecule has 0 aliphatic carbocycles. The Kier molecular flexibility index (Phi) is 8.99. The minimum Gasteiger partial charge on any atom is -0.378 e. The maximum absolute atomic E-state index is 14.0. The lowest BCUT2D eigenvalue weighted by atomic mass is 10.1. The topological polar surface area (TPSA) is 157 Å². The number of nitrogens with zero attached hydrogens (tertiary/aromatic N) is 6. The molecule has 2 saturated heterocycles. The van der Waals surface area contributed by atoms with Gasteiger partial charge in [0.05, 0.1) is 31.5 Å². The average molecular weight is 700 g/mol. The first kappa shape index (κ1) is 32.3. The lowest BCUT2D eigenvalue weighted by Crippen LogP contribution is -2.58. The minimum atomic E-state index is -4.00. The van der Waals surface area contributed by atoms with Gasteiger partial charge in [-0.2, -0.15) is 21.3 Å². The molecule has 14 nitrogen and oxygen atoms in total. The number of hydrogen-bond donors (Lipinski definition) is 1. The Bertz CT molecular complexity index is 1840. The van der Waals surface area contributed by atoms with Crippen molar-refractivity contribution in [3.63, 3.8) is 0 Å². The highest BCUT2D eigenvalue weighted by atomic mass is 35.5. The lowest BCUT2D eigenvalue weighted by molar-refractivity contribution is -0.136. The van der Waals surface area contributed by atoms with Gasteiger partial charge in [-0.15, -0.1) is 11.3 Å². The van der Waals surface area contributed by atoms with Crippen molar-refractivity contribution in [3.8, 4) is 0 Å². The van der Waals surface area contributed by atoms with E-state index in [1.54, 1.807) is 23.1 Å². The van der Waals surface area contributed by atoms with Gasteiger partial charge in [-0.3, -0.25) is 9.59 Å². The fourth-order valence-electron chi connectivity index (χ4n) is 5.80. The van der Waals surface area contributed by atoms with Crippen molar-refractivity contribution in [2.75, 3.05) is 66.6 Å². The summed E-state index contributed by atoms with van der Waals surface area (Å²) >= 11 is 7.24. The zero-order valence-electron chi connectivity index (χ0n) is 24.8. The molecule has 3 aromatic rings. The number of hydrogen-bond acceptors (Lipinski definition) is 9. The molecular formula is C27H34ClN7O7S3. The minimum absolute atomic E-state index is 0.00243. The Morgan fingerprint density at radius 1 is 1.07 bits per heavy atom. The molecule has 2 aromatic heterocycles. The number of carbonyl (C=O) groups is 2. The van der Waals surface area contributed by atoms with E-state index in [4.69, 9.17) is 16.3 Å². The summed E-state index contributed by atoms with van der Waals surface area (Å²) in [5.41, 5.74) is 1.30. The molecule has 6 rings (SSSR count). The van der Waals surface area contributed by atoms with Crippen LogP contribution < -0.4 is 0 Å². The molecule has 1 aromatic carbocycles. The van der Waals surface area contributed by atoms with Crippen LogP contribution in [-0.2, 0) is 42.7 Å². The van der Waals surface area contributed by atoms with Crippen molar-refractivity contribution in [2.24, 2.45) is 0 Å². The molecule has 244 valence electrons. The predicted octanol–water partition coefficient (Wildman–Crippen LogP) is 1.21. The number of rotatable bonds is 7. The van der Waals surface area contributed by atoms with Gasteiger partial charge in [0, 0.05) is 87.0 Å². The molecule has 0 spiro atoms. The Balaban J connectivity index is 1.25. The molecule has 0 bridgehead atoms. The van der Waals surface area contributed by atoms with Crippen molar-refractivity contribution in [3.05, 3.63) is 44.9 Å². The third-order valence-electron chi connectivity index (χ3n) is 8.32. The van der Waals surface area contributed by atoms with Crippen molar-refractivity contribution < 1.29 is 31.2 Å². The second kappa shape index (κ2) is 12.5. The van der Waals surface area contributed by atoms with E-state index in [-0.39, 0.29) is 55.1 Å². The highest BCUT2D eigenvalue weighted by Gasteiger charge is 2.40. The molecule has 1 N–H and O–H groups in total. The van der Waals surface area contributed by atoms with E-state index < -0.39 is 32.2 Å². The van der Waals surface area contributed by atoms with Crippen LogP contribution in [0.5, 0.6) is 0 Å². The number of morpholine rings is 1. The van der Waals surface area contributed by atoms with E-state index >= 15 is 0 Å². The Morgan fingerprint density at radius 3 is 2.56 bits per heavy atom. The smallest absolute Gasteiger partial charge is 0.283 e. The quantitative estimate of drug-likeness (QED) is 0.386. The molecule has 0 radical (unpaired) electrons. The molecule has 3 aliphatic heterocycles. The summed E-state index contributed by atoms with van der Waals surface area (Å²) < 4.78 is 62.2. The maximum Gasteiger partial charge on any atom is 0.283 e. The number of nitrogens with one attached hydrogen (secondary N) is 1. The monoisotopic (exact) mass is 699 g/mol. The molecular weight excluding hydrogens is 666 g/mol. The van der Waals surface area contributed by atoms with Crippen LogP contribution in [0, 0.1) is 0 Å². The third-order valence-corrected chi connectivity index (χ3v) is 13.3. The van der Waals surface area contributed by atoms with Crippen LogP contribution in [0.2, 0.25) is 5.02 Å². The van der Waals surface area contributed by atoms with E-state index in [9.17, 15) is 26.4 Å². The summed E-state index contributed by atoms with van der Waals surface area (Å²) in [7, 11) is -4.69. The van der Waals surface area contributed by atoms with Gasteiger partial charge in [-0.05, 0) is 24.3 Å². The largest absolute Gasteiger partial charge is 0.378 e. The fourth-order valence-corrected chi connectivity index (χ4v) is 9.70. The molecule has 2 fully saturated rings. The Morgan fingerprint density at radius 2 is 1.82 bits per heavy atom. The van der Waals surface area contributed by atoms with Crippen LogP contribution in [0.25, 0.3) is 10.9 Å². The summed E-state index contributed by atoms with van der Waals surface area (Å²) in [6, 6.07) is 5.84. The number of thiazole rings is 1. The second-order valence-electron chi connectivity index (χ2n) is 11.3. The molecule has 18 heteroatoms. The van der Waals surface area contributed by atoms with E-state index in [0.29, 0.717) is 59.2 Å². The predicted molar refractivity (Wildman–Crippen MR) is 168 cm³/mol. The van der Waals surface area contributed by atoms with Gasteiger partial charge < -0.3 is 19.5 Å². The van der Waals surface area contributed by atoms with E-state index in [1.807, 2.05) is 0 Å². The summed E-state index contributed by atoms with van der Waals surface area (Å²) in [5, 5.41) is 1.33. The van der Waals surface area contributed by atoms with Crippen molar-refractivity contribution in [1.82, 2.24) is 32.7 Å². The Hall–Kier alpha value is -2.64. The number of halogens is 1. The van der Waals surface area contributed by atoms with Gasteiger partial charge in [-0.25, -0.2) is 13.4 Å². The number of piperazine rings is 1. The zero-order chi connectivity index (χ0) is 32.1. The first-order chi connectivity index (χ1) is 21.3. The van der Waals surface area contributed by atoms with Crippen LogP contribution in [0.4, 0.5) is 0 Å². The first-order valence-electron chi connectivity index (χ1n) is 14.5. The maximum atomic E-state index is 14.0. The number of carbonyl (C=O) groups excluding carboxylic acids is 2. The number of aromatic nitrogens is 2. The lowest BCUT2D eigenvalue weighted by Gasteiger charge is -2.41. The van der Waals surface area contributed by atoms with Crippen LogP contribution in [0.3, 0.4) is 0 Å². The van der Waals surface area contributed by atoms with Crippen LogP contribution in [0.1, 0.15) is 26.8 Å². The van der Waals surface area contributed by atoms with Crippen molar-refractivity contribution in [1.29, 1.82) is 0 Å². The molecule has 0 saturated carbocycles. The second-order valence-corrected chi connectivity index (χ2v) is 16.9. The van der Waals surface area contributed by atoms with Crippen LogP contribution in [0.15, 0.2) is 29.3 Å². The van der Waals surface area contributed by atoms with Gasteiger partial charge in [0.1, 0.15) is 5.03 Å². The van der Waals surface area contributed by atoms with Crippen molar-refractivity contribution >= 4 is 65.9 Å².